The van der Waals surface area contributed by atoms with E-state index < -0.39 is 41.5 Å². The van der Waals surface area contributed by atoms with Gasteiger partial charge in [-0.2, -0.15) is 5.10 Å². The number of aromatic nitrogens is 4. The standard InChI is InChI=1S/C37H32N8O7/c38-32(47)31-27(40-33(48)28-20-52-35(41-28)23-14-16-39-17-15-23)19-44(43-31)24-9-6-21(7-10-24)4-2-1-3-5-22-8-11-25-26(18-22)37(51)45(36(25)50)29-12-13-30(46)42-34(29)49/h6-11,14-20,29H,1-5,12-13H2,(H2,38,47)(H,40,48)(H,42,46,49). The van der Waals surface area contributed by atoms with Crippen molar-refractivity contribution >= 4 is 41.1 Å². The van der Waals surface area contributed by atoms with Crippen molar-refractivity contribution < 1.29 is 33.2 Å². The average molecular weight is 701 g/mol. The van der Waals surface area contributed by atoms with E-state index in [0.29, 0.717) is 11.3 Å². The molecule has 5 heterocycles. The lowest BCUT2D eigenvalue weighted by Crippen LogP contribution is -2.54. The van der Waals surface area contributed by atoms with Gasteiger partial charge in [0.15, 0.2) is 11.4 Å². The maximum absolute atomic E-state index is 13.1. The Bertz CT molecular complexity index is 2230. The summed E-state index contributed by atoms with van der Waals surface area (Å²) in [6.45, 7) is 0. The van der Waals surface area contributed by atoms with E-state index >= 15 is 0 Å². The second kappa shape index (κ2) is 14.2. The lowest BCUT2D eigenvalue weighted by atomic mass is 10.00. The number of benzene rings is 2. The van der Waals surface area contributed by atoms with Crippen LogP contribution in [-0.2, 0) is 22.4 Å². The lowest BCUT2D eigenvalue weighted by Gasteiger charge is -2.27. The van der Waals surface area contributed by atoms with Gasteiger partial charge in [0.05, 0.1) is 28.7 Å². The number of imide groups is 2. The minimum absolute atomic E-state index is 0.0107. The highest BCUT2D eigenvalue weighted by Gasteiger charge is 2.44. The van der Waals surface area contributed by atoms with Gasteiger partial charge >= 0.3 is 0 Å². The molecule has 0 spiro atoms. The molecular weight excluding hydrogens is 668 g/mol. The minimum atomic E-state index is -0.987. The van der Waals surface area contributed by atoms with Crippen LogP contribution in [0.1, 0.15) is 84.9 Å². The lowest BCUT2D eigenvalue weighted by molar-refractivity contribution is -0.136. The van der Waals surface area contributed by atoms with Crippen LogP contribution in [0.25, 0.3) is 17.1 Å². The quantitative estimate of drug-likeness (QED) is 0.127. The van der Waals surface area contributed by atoms with Gasteiger partial charge in [0.1, 0.15) is 12.3 Å². The molecule has 3 aromatic heterocycles. The minimum Gasteiger partial charge on any atom is -0.444 e. The second-order valence-electron chi connectivity index (χ2n) is 12.5. The monoisotopic (exact) mass is 700 g/mol. The van der Waals surface area contributed by atoms with Gasteiger partial charge in [-0.3, -0.25) is 44.0 Å². The van der Waals surface area contributed by atoms with Gasteiger partial charge in [0.2, 0.25) is 17.7 Å². The molecule has 1 fully saturated rings. The summed E-state index contributed by atoms with van der Waals surface area (Å²) in [5.41, 5.74) is 9.48. The number of aryl methyl sites for hydroxylation is 2. The summed E-state index contributed by atoms with van der Waals surface area (Å²) in [5.74, 6) is -3.23. The molecule has 15 heteroatoms. The van der Waals surface area contributed by atoms with Crippen LogP contribution in [0.2, 0.25) is 0 Å². The summed E-state index contributed by atoms with van der Waals surface area (Å²) in [4.78, 5) is 84.1. The largest absolute Gasteiger partial charge is 0.444 e. The number of pyridine rings is 1. The molecule has 1 saturated heterocycles. The number of primary amides is 1. The van der Waals surface area contributed by atoms with E-state index in [9.17, 15) is 28.8 Å². The van der Waals surface area contributed by atoms with E-state index in [1.54, 1.807) is 36.7 Å². The van der Waals surface area contributed by atoms with Crippen molar-refractivity contribution in [3.8, 4) is 17.1 Å². The number of nitrogens with two attached hydrogens (primary N) is 1. The first-order valence-corrected chi connectivity index (χ1v) is 16.7. The Labute approximate surface area is 296 Å². The maximum Gasteiger partial charge on any atom is 0.277 e. The van der Waals surface area contributed by atoms with Gasteiger partial charge < -0.3 is 15.5 Å². The number of hydrogen-bond acceptors (Lipinski definition) is 10. The molecule has 2 aliphatic rings. The predicted molar refractivity (Wildman–Crippen MR) is 184 cm³/mol. The molecule has 15 nitrogen and oxygen atoms in total. The Hall–Kier alpha value is -6.77. The third-order valence-corrected chi connectivity index (χ3v) is 9.00. The molecule has 1 atom stereocenters. The summed E-state index contributed by atoms with van der Waals surface area (Å²) in [7, 11) is 0. The number of fused-ring (bicyclic) bond motifs is 1. The highest BCUT2D eigenvalue weighted by Crippen LogP contribution is 2.29. The third-order valence-electron chi connectivity index (χ3n) is 9.00. The number of nitrogens with one attached hydrogen (secondary N) is 2. The molecule has 0 aliphatic carbocycles. The number of unbranched alkanes of at least 4 members (excludes halogenated alkanes) is 2. The number of amides is 6. The van der Waals surface area contributed by atoms with Crippen LogP contribution < -0.4 is 16.4 Å². The average Bonchev–Trinajstić information content (AvgIpc) is 3.87. The Balaban J connectivity index is 0.912. The predicted octanol–water partition coefficient (Wildman–Crippen LogP) is 3.63. The Morgan fingerprint density at radius 3 is 2.35 bits per heavy atom. The number of carbonyl (C=O) groups is 6. The number of nitrogens with zero attached hydrogens (tertiary/aromatic N) is 5. The Morgan fingerprint density at radius 2 is 1.62 bits per heavy atom. The van der Waals surface area contributed by atoms with Crippen LogP contribution >= 0.6 is 0 Å². The van der Waals surface area contributed by atoms with Crippen LogP contribution in [0.4, 0.5) is 5.69 Å². The summed E-state index contributed by atoms with van der Waals surface area (Å²) < 4.78 is 6.89. The summed E-state index contributed by atoms with van der Waals surface area (Å²) in [6, 6.07) is 15.3. The highest BCUT2D eigenvalue weighted by atomic mass is 16.3. The molecule has 0 radical (unpaired) electrons. The molecule has 0 saturated carbocycles. The van der Waals surface area contributed by atoms with E-state index in [0.717, 1.165) is 48.1 Å². The number of piperidine rings is 1. The first-order chi connectivity index (χ1) is 25.2. The molecule has 1 unspecified atom stereocenters. The fourth-order valence-corrected chi connectivity index (χ4v) is 6.30. The number of oxazole rings is 1. The molecular formula is C37H32N8O7. The van der Waals surface area contributed by atoms with Crippen molar-refractivity contribution in [1.29, 1.82) is 0 Å². The van der Waals surface area contributed by atoms with Crippen LogP contribution in [-0.4, -0.2) is 66.1 Å². The fraction of sp³-hybridized carbons (Fsp3) is 0.216. The van der Waals surface area contributed by atoms with E-state index in [4.69, 9.17) is 10.2 Å². The first-order valence-electron chi connectivity index (χ1n) is 16.7. The number of rotatable bonds is 12. The highest BCUT2D eigenvalue weighted by molar-refractivity contribution is 6.23. The van der Waals surface area contributed by atoms with Gasteiger partial charge in [0, 0.05) is 24.4 Å². The zero-order valence-electron chi connectivity index (χ0n) is 27.7. The van der Waals surface area contributed by atoms with Crippen molar-refractivity contribution in [2.45, 2.75) is 51.0 Å². The molecule has 52 heavy (non-hydrogen) atoms. The van der Waals surface area contributed by atoms with Crippen molar-refractivity contribution in [2.75, 3.05) is 5.32 Å². The summed E-state index contributed by atoms with van der Waals surface area (Å²) in [6.07, 6.45) is 10.3. The zero-order chi connectivity index (χ0) is 36.4. The number of hydrogen-bond donors (Lipinski definition) is 3. The molecule has 262 valence electrons. The van der Waals surface area contributed by atoms with Crippen molar-refractivity contribution in [3.63, 3.8) is 0 Å². The normalized spacial score (nSPS) is 15.5. The topological polar surface area (TPSA) is 212 Å². The molecule has 7 rings (SSSR count). The summed E-state index contributed by atoms with van der Waals surface area (Å²) >= 11 is 0. The fourth-order valence-electron chi connectivity index (χ4n) is 6.30. The van der Waals surface area contributed by atoms with E-state index in [1.807, 2.05) is 30.3 Å². The Morgan fingerprint density at radius 1 is 0.904 bits per heavy atom. The van der Waals surface area contributed by atoms with Gasteiger partial charge in [-0.1, -0.05) is 24.6 Å². The Kier molecular flexibility index (Phi) is 9.22. The van der Waals surface area contributed by atoms with Crippen molar-refractivity contribution in [2.24, 2.45) is 5.73 Å². The number of carbonyl (C=O) groups excluding carboxylic acids is 6. The third kappa shape index (κ3) is 6.83. The second-order valence-corrected chi connectivity index (χ2v) is 12.5. The SMILES string of the molecule is NC(=O)c1nn(-c2ccc(CCCCCc3ccc4c(c3)C(=O)N(C3CCC(=O)NC3=O)C4=O)cc2)cc1NC(=O)c1coc(-c2ccncc2)n1. The van der Waals surface area contributed by atoms with Gasteiger partial charge in [-0.25, -0.2) is 9.67 Å². The molecule has 4 N–H and O–H groups in total. The van der Waals surface area contributed by atoms with E-state index in [1.165, 1.54) is 17.1 Å². The molecule has 6 amide bonds. The van der Waals surface area contributed by atoms with Crippen LogP contribution in [0.3, 0.4) is 0 Å². The van der Waals surface area contributed by atoms with Crippen LogP contribution in [0, 0.1) is 0 Å². The molecule has 5 aromatic rings. The maximum atomic E-state index is 13.1. The first kappa shape index (κ1) is 33.7. The van der Waals surface area contributed by atoms with Crippen molar-refractivity contribution in [3.05, 3.63) is 113 Å². The van der Waals surface area contributed by atoms with E-state index in [2.05, 4.69) is 25.7 Å². The van der Waals surface area contributed by atoms with Gasteiger partial charge in [-0.05, 0) is 79.6 Å². The van der Waals surface area contributed by atoms with Crippen LogP contribution in [0.15, 0.2) is 83.9 Å². The van der Waals surface area contributed by atoms with Gasteiger partial charge in [-0.15, -0.1) is 0 Å². The van der Waals surface area contributed by atoms with Crippen molar-refractivity contribution in [1.82, 2.24) is 30.0 Å². The van der Waals surface area contributed by atoms with E-state index in [-0.39, 0.29) is 46.9 Å². The molecule has 0 bridgehead atoms. The molecule has 2 aromatic carbocycles. The smallest absolute Gasteiger partial charge is 0.277 e. The summed E-state index contributed by atoms with van der Waals surface area (Å²) in [5, 5.41) is 9.14. The van der Waals surface area contributed by atoms with Gasteiger partial charge in [0.25, 0.3) is 23.6 Å². The van der Waals surface area contributed by atoms with Crippen LogP contribution in [0.5, 0.6) is 0 Å². The molecule has 2 aliphatic heterocycles. The zero-order valence-corrected chi connectivity index (χ0v) is 27.7. The number of anilines is 1.